The van der Waals surface area contributed by atoms with Crippen LogP contribution in [0.2, 0.25) is 0 Å². The van der Waals surface area contributed by atoms with Crippen LogP contribution in [0.5, 0.6) is 11.5 Å². The lowest BCUT2D eigenvalue weighted by Gasteiger charge is -2.12. The molecule has 1 aromatic heterocycles. The molecule has 0 atom stereocenters. The summed E-state index contributed by atoms with van der Waals surface area (Å²) in [6, 6.07) is 3.16. The van der Waals surface area contributed by atoms with Gasteiger partial charge in [-0.3, -0.25) is 9.89 Å². The van der Waals surface area contributed by atoms with E-state index in [-0.39, 0.29) is 17.2 Å². The Balaban J connectivity index is 2.35. The van der Waals surface area contributed by atoms with Crippen molar-refractivity contribution >= 4 is 17.3 Å². The molecule has 0 aliphatic carbocycles. The van der Waals surface area contributed by atoms with E-state index in [0.29, 0.717) is 17.2 Å². The number of aromatic amines is 1. The number of anilines is 2. The van der Waals surface area contributed by atoms with Gasteiger partial charge in [0.15, 0.2) is 0 Å². The van der Waals surface area contributed by atoms with Crippen LogP contribution < -0.4 is 20.5 Å². The van der Waals surface area contributed by atoms with Gasteiger partial charge in [-0.2, -0.15) is 5.10 Å². The summed E-state index contributed by atoms with van der Waals surface area (Å²) in [6.45, 7) is 0. The number of H-pyrrole nitrogens is 1. The van der Waals surface area contributed by atoms with Crippen molar-refractivity contribution in [3.05, 3.63) is 30.1 Å². The van der Waals surface area contributed by atoms with Gasteiger partial charge in [0.1, 0.15) is 11.5 Å². The number of nitrogens with zero attached hydrogens (tertiary/aromatic N) is 1. The summed E-state index contributed by atoms with van der Waals surface area (Å²) in [5, 5.41) is 9.00. The predicted octanol–water partition coefficient (Wildman–Crippen LogP) is 1.26. The van der Waals surface area contributed by atoms with Crippen molar-refractivity contribution in [1.29, 1.82) is 0 Å². The number of benzene rings is 1. The SMILES string of the molecule is COc1cc(OC)c(N)c(C(=O)Nc2cn[nH]c2)c1. The van der Waals surface area contributed by atoms with Crippen LogP contribution in [0.3, 0.4) is 0 Å². The Bertz CT molecular complexity index is 581. The van der Waals surface area contributed by atoms with E-state index in [1.165, 1.54) is 20.4 Å². The molecule has 0 saturated carbocycles. The molecule has 0 radical (unpaired) electrons. The third-order valence-electron chi connectivity index (χ3n) is 2.57. The van der Waals surface area contributed by atoms with Crippen LogP contribution in [-0.2, 0) is 0 Å². The molecule has 0 saturated heterocycles. The van der Waals surface area contributed by atoms with Gasteiger partial charge < -0.3 is 20.5 Å². The predicted molar refractivity (Wildman–Crippen MR) is 70.5 cm³/mol. The molecule has 2 aromatic rings. The smallest absolute Gasteiger partial charge is 0.258 e. The zero-order valence-corrected chi connectivity index (χ0v) is 10.6. The molecule has 0 aliphatic heterocycles. The van der Waals surface area contributed by atoms with E-state index in [9.17, 15) is 4.79 Å². The van der Waals surface area contributed by atoms with Crippen LogP contribution >= 0.6 is 0 Å². The number of ether oxygens (including phenoxy) is 2. The molecule has 1 heterocycles. The molecule has 1 aromatic carbocycles. The first-order chi connectivity index (χ1) is 9.15. The van der Waals surface area contributed by atoms with Gasteiger partial charge in [-0.25, -0.2) is 0 Å². The van der Waals surface area contributed by atoms with E-state index in [4.69, 9.17) is 15.2 Å². The minimum atomic E-state index is -0.365. The third-order valence-corrected chi connectivity index (χ3v) is 2.57. The molecule has 4 N–H and O–H groups in total. The zero-order chi connectivity index (χ0) is 13.8. The molecular weight excluding hydrogens is 248 g/mol. The molecular formula is C12H14N4O3. The molecule has 2 rings (SSSR count). The average molecular weight is 262 g/mol. The fourth-order valence-electron chi connectivity index (χ4n) is 1.59. The number of methoxy groups -OCH3 is 2. The molecule has 0 spiro atoms. The third kappa shape index (κ3) is 2.59. The Kier molecular flexibility index (Phi) is 3.56. The van der Waals surface area contributed by atoms with E-state index in [1.54, 1.807) is 18.3 Å². The van der Waals surface area contributed by atoms with Gasteiger partial charge in [-0.15, -0.1) is 0 Å². The van der Waals surface area contributed by atoms with Crippen molar-refractivity contribution in [3.63, 3.8) is 0 Å². The molecule has 7 nitrogen and oxygen atoms in total. The number of amides is 1. The Morgan fingerprint density at radius 2 is 2.16 bits per heavy atom. The van der Waals surface area contributed by atoms with Gasteiger partial charge in [0.2, 0.25) is 0 Å². The summed E-state index contributed by atoms with van der Waals surface area (Å²) in [6.07, 6.45) is 3.05. The van der Waals surface area contributed by atoms with Crippen LogP contribution in [0, 0.1) is 0 Å². The molecule has 7 heteroatoms. The summed E-state index contributed by atoms with van der Waals surface area (Å²) >= 11 is 0. The molecule has 100 valence electrons. The van der Waals surface area contributed by atoms with Crippen molar-refractivity contribution in [1.82, 2.24) is 10.2 Å². The van der Waals surface area contributed by atoms with Crippen LogP contribution in [0.1, 0.15) is 10.4 Å². The number of nitrogen functional groups attached to an aromatic ring is 1. The second-order valence-corrected chi connectivity index (χ2v) is 3.73. The summed E-state index contributed by atoms with van der Waals surface area (Å²) in [5.74, 6) is 0.510. The van der Waals surface area contributed by atoms with E-state index in [0.717, 1.165) is 0 Å². The maximum atomic E-state index is 12.1. The summed E-state index contributed by atoms with van der Waals surface area (Å²) in [4.78, 5) is 12.1. The maximum absolute atomic E-state index is 12.1. The van der Waals surface area contributed by atoms with E-state index in [1.807, 2.05) is 0 Å². The molecule has 1 amide bonds. The second kappa shape index (κ2) is 5.30. The molecule has 0 bridgehead atoms. The van der Waals surface area contributed by atoms with Crippen LogP contribution in [0.15, 0.2) is 24.5 Å². The van der Waals surface area contributed by atoms with Crippen LogP contribution in [0.25, 0.3) is 0 Å². The second-order valence-electron chi connectivity index (χ2n) is 3.73. The van der Waals surface area contributed by atoms with Gasteiger partial charge in [-0.05, 0) is 6.07 Å². The fraction of sp³-hybridized carbons (Fsp3) is 0.167. The lowest BCUT2D eigenvalue weighted by Crippen LogP contribution is -2.14. The standard InChI is InChI=1S/C12H14N4O3/c1-18-8-3-9(11(13)10(4-8)19-2)12(17)16-7-5-14-15-6-7/h3-6H,13H2,1-2H3,(H,14,15)(H,16,17). The van der Waals surface area contributed by atoms with Crippen LogP contribution in [-0.4, -0.2) is 30.3 Å². The quantitative estimate of drug-likeness (QED) is 0.720. The monoisotopic (exact) mass is 262 g/mol. The Morgan fingerprint density at radius 1 is 1.37 bits per heavy atom. The number of nitrogens with one attached hydrogen (secondary N) is 2. The van der Waals surface area contributed by atoms with Gasteiger partial charge >= 0.3 is 0 Å². The summed E-state index contributed by atoms with van der Waals surface area (Å²) in [5.41, 5.74) is 6.96. The molecule has 0 aliphatic rings. The van der Waals surface area contributed by atoms with Gasteiger partial charge in [0.25, 0.3) is 5.91 Å². The highest BCUT2D eigenvalue weighted by atomic mass is 16.5. The molecule has 19 heavy (non-hydrogen) atoms. The maximum Gasteiger partial charge on any atom is 0.258 e. The first kappa shape index (κ1) is 12.7. The first-order valence-electron chi connectivity index (χ1n) is 5.47. The largest absolute Gasteiger partial charge is 0.497 e. The first-order valence-corrected chi connectivity index (χ1v) is 5.47. The Hall–Kier alpha value is -2.70. The fourth-order valence-corrected chi connectivity index (χ4v) is 1.59. The van der Waals surface area contributed by atoms with Gasteiger partial charge in [0.05, 0.1) is 37.4 Å². The highest BCUT2D eigenvalue weighted by Gasteiger charge is 2.16. The minimum Gasteiger partial charge on any atom is -0.497 e. The van der Waals surface area contributed by atoms with E-state index >= 15 is 0 Å². The van der Waals surface area contributed by atoms with Crippen molar-refractivity contribution in [2.24, 2.45) is 0 Å². The highest BCUT2D eigenvalue weighted by Crippen LogP contribution is 2.31. The number of carbonyl (C=O) groups is 1. The van der Waals surface area contributed by atoms with Crippen molar-refractivity contribution < 1.29 is 14.3 Å². The van der Waals surface area contributed by atoms with E-state index < -0.39 is 0 Å². The number of hydrogen-bond donors (Lipinski definition) is 3. The highest BCUT2D eigenvalue weighted by molar-refractivity contribution is 6.08. The Labute approximate surface area is 109 Å². The average Bonchev–Trinajstić information content (AvgIpc) is 2.91. The number of rotatable bonds is 4. The number of hydrogen-bond acceptors (Lipinski definition) is 5. The normalized spacial score (nSPS) is 10.0. The lowest BCUT2D eigenvalue weighted by molar-refractivity contribution is 0.102. The number of carbonyl (C=O) groups excluding carboxylic acids is 1. The Morgan fingerprint density at radius 3 is 2.74 bits per heavy atom. The zero-order valence-electron chi connectivity index (χ0n) is 10.6. The molecule has 0 unspecified atom stereocenters. The van der Waals surface area contributed by atoms with Crippen LogP contribution in [0.4, 0.5) is 11.4 Å². The topological polar surface area (TPSA) is 102 Å². The summed E-state index contributed by atoms with van der Waals surface area (Å²) in [7, 11) is 2.98. The minimum absolute atomic E-state index is 0.254. The number of nitrogens with two attached hydrogens (primary N) is 1. The lowest BCUT2D eigenvalue weighted by atomic mass is 10.1. The summed E-state index contributed by atoms with van der Waals surface area (Å²) < 4.78 is 10.2. The van der Waals surface area contributed by atoms with Gasteiger partial charge in [-0.1, -0.05) is 0 Å². The van der Waals surface area contributed by atoms with Crippen molar-refractivity contribution in [2.75, 3.05) is 25.3 Å². The molecule has 0 fully saturated rings. The van der Waals surface area contributed by atoms with Gasteiger partial charge in [0, 0.05) is 12.3 Å². The van der Waals surface area contributed by atoms with Crippen molar-refractivity contribution in [2.45, 2.75) is 0 Å². The van der Waals surface area contributed by atoms with E-state index in [2.05, 4.69) is 15.5 Å². The number of aromatic nitrogens is 2. The van der Waals surface area contributed by atoms with Crippen molar-refractivity contribution in [3.8, 4) is 11.5 Å².